The van der Waals surface area contributed by atoms with Crippen LogP contribution in [0, 0.1) is 0 Å². The third kappa shape index (κ3) is 3.60. The van der Waals surface area contributed by atoms with E-state index in [1.807, 2.05) is 24.3 Å². The van der Waals surface area contributed by atoms with Gasteiger partial charge in [0.15, 0.2) is 0 Å². The Kier molecular flexibility index (Phi) is 5.48. The van der Waals surface area contributed by atoms with Crippen LogP contribution < -0.4 is 0 Å². The van der Waals surface area contributed by atoms with Crippen LogP contribution in [0.3, 0.4) is 0 Å². The van der Waals surface area contributed by atoms with Crippen LogP contribution in [0.15, 0.2) is 175 Å². The van der Waals surface area contributed by atoms with Crippen LogP contribution in [-0.4, -0.2) is 21.5 Å². The maximum atomic E-state index is 15.0. The van der Waals surface area contributed by atoms with Crippen molar-refractivity contribution in [3.63, 3.8) is 0 Å². The summed E-state index contributed by atoms with van der Waals surface area (Å²) in [5.41, 5.74) is 13.5. The highest BCUT2D eigenvalue weighted by Crippen LogP contribution is 2.50. The fourth-order valence-electron chi connectivity index (χ4n) is 10.1. The third-order valence-corrected chi connectivity index (χ3v) is 14.0. The zero-order valence-electron chi connectivity index (χ0n) is 29.3. The lowest BCUT2D eigenvalue weighted by atomic mass is 9.88. The van der Waals surface area contributed by atoms with E-state index >= 15 is 8.42 Å². The summed E-state index contributed by atoms with van der Waals surface area (Å²) < 4.78 is 36.1. The van der Waals surface area contributed by atoms with Crippen molar-refractivity contribution >= 4 is 75.4 Å². The summed E-state index contributed by atoms with van der Waals surface area (Å²) in [6.07, 6.45) is 0. The fourth-order valence-corrected chi connectivity index (χ4v) is 11.8. The summed E-state index contributed by atoms with van der Waals surface area (Å²) in [5.74, 6) is 0.102. The molecule has 6 heteroatoms. The van der Waals surface area contributed by atoms with Gasteiger partial charge in [-0.25, -0.2) is 12.4 Å². The minimum Gasteiger partial charge on any atom is -0.309 e. The molecular formula is C49H29N3O2S. The number of aromatic nitrogens is 3. The Bertz CT molecular complexity index is 3540. The molecule has 3 aromatic heterocycles. The van der Waals surface area contributed by atoms with E-state index in [0.717, 1.165) is 49.3 Å². The van der Waals surface area contributed by atoms with Crippen LogP contribution in [0.4, 0.5) is 0 Å². The van der Waals surface area contributed by atoms with Gasteiger partial charge in [0.2, 0.25) is 0 Å². The predicted octanol–water partition coefficient (Wildman–Crippen LogP) is 11.7. The first-order valence-corrected chi connectivity index (χ1v) is 20.1. The van der Waals surface area contributed by atoms with Crippen molar-refractivity contribution in [3.8, 4) is 22.5 Å². The molecule has 11 aromatic rings. The lowest BCUT2D eigenvalue weighted by molar-refractivity contribution is 0.590. The van der Waals surface area contributed by atoms with Crippen LogP contribution in [0.1, 0.15) is 22.6 Å². The number of nitrogens with zero attached hydrogens (tertiary/aromatic N) is 3. The molecule has 0 bridgehead atoms. The average molecular weight is 724 g/mol. The molecule has 55 heavy (non-hydrogen) atoms. The Balaban J connectivity index is 1.14. The van der Waals surface area contributed by atoms with Crippen LogP contribution >= 0.6 is 0 Å². The zero-order valence-corrected chi connectivity index (χ0v) is 30.1. The Hall–Kier alpha value is -6.89. The van der Waals surface area contributed by atoms with E-state index in [1.54, 1.807) is 10.0 Å². The lowest BCUT2D eigenvalue weighted by Gasteiger charge is -2.15. The molecule has 0 amide bonds. The summed E-state index contributed by atoms with van der Waals surface area (Å²) in [6.45, 7) is 0. The van der Waals surface area contributed by atoms with Crippen LogP contribution in [0.2, 0.25) is 0 Å². The van der Waals surface area contributed by atoms with Gasteiger partial charge in [0.25, 0.3) is 10.0 Å². The molecule has 13 rings (SSSR count). The second-order valence-electron chi connectivity index (χ2n) is 14.9. The minimum absolute atomic E-state index is 0.102. The maximum Gasteiger partial charge on any atom is 0.270 e. The third-order valence-electron chi connectivity index (χ3n) is 12.2. The highest BCUT2D eigenvalue weighted by atomic mass is 32.2. The van der Waals surface area contributed by atoms with E-state index in [-0.39, 0.29) is 10.8 Å². The van der Waals surface area contributed by atoms with Gasteiger partial charge >= 0.3 is 0 Å². The van der Waals surface area contributed by atoms with Crippen LogP contribution in [-0.2, 0) is 10.0 Å². The van der Waals surface area contributed by atoms with Gasteiger partial charge < -0.3 is 9.13 Å². The maximum absolute atomic E-state index is 15.0. The normalized spacial score (nSPS) is 14.4. The number of hydrogen-bond donors (Lipinski definition) is 0. The molecule has 0 atom stereocenters. The molecular weight excluding hydrogens is 695 g/mol. The highest BCUT2D eigenvalue weighted by Gasteiger charge is 2.34. The standard InChI is InChI=1S/C49H29N3O2S/c53-55(54)46-20-10-9-19-45(46)51-43-25-21-29(47-35-15-3-1-11-31(35)32-12-2-4-16-36(32)47)27-39(43)37-23-24-38-40-28-30(22-26-44(40)52(55)49(38)48(37)51)50-41-17-7-5-13-33(41)34-14-6-8-18-42(34)50/h1-28,47H. The van der Waals surface area contributed by atoms with Gasteiger partial charge in [-0.15, -0.1) is 0 Å². The summed E-state index contributed by atoms with van der Waals surface area (Å²) in [7, 11) is -4.00. The summed E-state index contributed by atoms with van der Waals surface area (Å²) in [5, 5.41) is 6.31. The van der Waals surface area contributed by atoms with Gasteiger partial charge in [-0.2, -0.15) is 0 Å². The lowest BCUT2D eigenvalue weighted by Crippen LogP contribution is -2.13. The van der Waals surface area contributed by atoms with Gasteiger partial charge in [-0.3, -0.25) is 0 Å². The van der Waals surface area contributed by atoms with Crippen molar-refractivity contribution < 1.29 is 8.42 Å². The van der Waals surface area contributed by atoms with E-state index < -0.39 is 10.0 Å². The first-order chi connectivity index (χ1) is 27.1. The second-order valence-corrected chi connectivity index (χ2v) is 16.6. The molecule has 0 radical (unpaired) electrons. The van der Waals surface area contributed by atoms with Gasteiger partial charge in [0, 0.05) is 43.9 Å². The zero-order chi connectivity index (χ0) is 36.2. The molecule has 1 aliphatic heterocycles. The molecule has 8 aromatic carbocycles. The largest absolute Gasteiger partial charge is 0.309 e. The molecule has 1 aliphatic carbocycles. The van der Waals surface area contributed by atoms with Gasteiger partial charge in [-0.05, 0) is 82.4 Å². The summed E-state index contributed by atoms with van der Waals surface area (Å²) in [6, 6.07) is 59.2. The Morgan fingerprint density at radius 1 is 0.418 bits per heavy atom. The number of rotatable bonds is 2. The van der Waals surface area contributed by atoms with Crippen molar-refractivity contribution in [2.24, 2.45) is 0 Å². The molecule has 4 heterocycles. The van der Waals surface area contributed by atoms with Crippen molar-refractivity contribution in [3.05, 3.63) is 187 Å². The molecule has 0 N–H and O–H groups in total. The summed E-state index contributed by atoms with van der Waals surface area (Å²) in [4.78, 5) is 0.290. The molecule has 0 spiro atoms. The molecule has 0 unspecified atom stereocenters. The average Bonchev–Trinajstić information content (AvgIpc) is 3.94. The van der Waals surface area contributed by atoms with Gasteiger partial charge in [-0.1, -0.05) is 115 Å². The number of fused-ring (bicyclic) bond motifs is 14. The van der Waals surface area contributed by atoms with E-state index in [4.69, 9.17) is 0 Å². The minimum atomic E-state index is -4.00. The van der Waals surface area contributed by atoms with E-state index in [0.29, 0.717) is 16.7 Å². The SMILES string of the molecule is O=S1(=O)c2ccccc2-n2c3ccc(C4c5ccccc5-c5ccccc54)cc3c3ccc4c5cc(-n6c7ccccc7c7ccccc76)ccc5n1c4c32. The van der Waals surface area contributed by atoms with Crippen molar-refractivity contribution in [1.29, 1.82) is 0 Å². The number of para-hydroxylation sites is 3. The van der Waals surface area contributed by atoms with Crippen molar-refractivity contribution in [1.82, 2.24) is 13.1 Å². The second kappa shape index (κ2) is 10.2. The van der Waals surface area contributed by atoms with Gasteiger partial charge in [0.05, 0.1) is 38.8 Å². The summed E-state index contributed by atoms with van der Waals surface area (Å²) >= 11 is 0. The molecule has 0 saturated heterocycles. The molecule has 5 nitrogen and oxygen atoms in total. The Morgan fingerprint density at radius 2 is 0.982 bits per heavy atom. The van der Waals surface area contributed by atoms with Crippen molar-refractivity contribution in [2.75, 3.05) is 0 Å². The quantitative estimate of drug-likeness (QED) is 0.178. The molecule has 0 saturated carbocycles. The Labute approximate surface area is 315 Å². The molecule has 0 fully saturated rings. The predicted molar refractivity (Wildman–Crippen MR) is 224 cm³/mol. The van der Waals surface area contributed by atoms with Crippen LogP contribution in [0.25, 0.3) is 87.9 Å². The number of hydrogen-bond acceptors (Lipinski definition) is 2. The van der Waals surface area contributed by atoms with E-state index in [2.05, 4.69) is 149 Å². The monoisotopic (exact) mass is 723 g/mol. The molecule has 2 aliphatic rings. The van der Waals surface area contributed by atoms with E-state index in [1.165, 1.54) is 38.6 Å². The first-order valence-electron chi connectivity index (χ1n) is 18.6. The fraction of sp³-hybridized carbons (Fsp3) is 0.0204. The van der Waals surface area contributed by atoms with Gasteiger partial charge in [0.1, 0.15) is 4.90 Å². The Morgan fingerprint density at radius 3 is 1.71 bits per heavy atom. The smallest absolute Gasteiger partial charge is 0.270 e. The molecule has 258 valence electrons. The first kappa shape index (κ1) is 29.6. The van der Waals surface area contributed by atoms with Crippen molar-refractivity contribution in [2.45, 2.75) is 10.8 Å². The topological polar surface area (TPSA) is 48.9 Å². The van der Waals surface area contributed by atoms with E-state index in [9.17, 15) is 0 Å². The highest BCUT2D eigenvalue weighted by molar-refractivity contribution is 7.90. The van der Waals surface area contributed by atoms with Crippen LogP contribution in [0.5, 0.6) is 0 Å². The number of benzene rings is 8.